The third-order valence-electron chi connectivity index (χ3n) is 4.85. The van der Waals surface area contributed by atoms with Crippen molar-refractivity contribution < 1.29 is 18.8 Å². The van der Waals surface area contributed by atoms with Gasteiger partial charge < -0.3 is 10.6 Å². The Hall–Kier alpha value is -2.44. The van der Waals surface area contributed by atoms with E-state index >= 15 is 0 Å². The van der Waals surface area contributed by atoms with Crippen LogP contribution in [0, 0.1) is 5.82 Å². The summed E-state index contributed by atoms with van der Waals surface area (Å²) in [6.07, 6.45) is 3.68. The van der Waals surface area contributed by atoms with Gasteiger partial charge in [-0.05, 0) is 37.5 Å². The van der Waals surface area contributed by atoms with E-state index in [1.807, 2.05) is 20.8 Å². The maximum Gasteiger partial charge on any atom is 0.325 e. The number of benzene rings is 1. The van der Waals surface area contributed by atoms with Crippen LogP contribution in [0.5, 0.6) is 0 Å². The van der Waals surface area contributed by atoms with Crippen molar-refractivity contribution in [3.8, 4) is 0 Å². The molecule has 1 aliphatic heterocycles. The molecule has 2 rings (SSSR count). The van der Waals surface area contributed by atoms with Gasteiger partial charge in [-0.2, -0.15) is 0 Å². The lowest BCUT2D eigenvalue weighted by molar-refractivity contribution is -0.135. The number of imide groups is 1. The van der Waals surface area contributed by atoms with Crippen molar-refractivity contribution in [3.05, 3.63) is 35.6 Å². The fraction of sp³-hybridized carbons (Fsp3) is 0.550. The molecule has 4 amide bonds. The summed E-state index contributed by atoms with van der Waals surface area (Å²) in [6, 6.07) is 4.93. The molecular weight excluding hydrogens is 349 g/mol. The van der Waals surface area contributed by atoms with Gasteiger partial charge in [-0.1, -0.05) is 45.2 Å². The Balaban J connectivity index is 2.22. The van der Waals surface area contributed by atoms with Gasteiger partial charge in [-0.15, -0.1) is 0 Å². The van der Waals surface area contributed by atoms with Gasteiger partial charge in [0.05, 0.1) is 0 Å². The minimum Gasteiger partial charge on any atom is -0.352 e. The number of amides is 4. The van der Waals surface area contributed by atoms with E-state index in [9.17, 15) is 18.8 Å². The fourth-order valence-corrected chi connectivity index (χ4v) is 3.42. The molecule has 0 saturated carbocycles. The van der Waals surface area contributed by atoms with Gasteiger partial charge >= 0.3 is 6.03 Å². The van der Waals surface area contributed by atoms with Gasteiger partial charge in [0, 0.05) is 6.04 Å². The molecule has 1 aliphatic rings. The number of urea groups is 1. The SMILES string of the molecule is CCCC[C@]1(c2ccc(F)cc2)NC(=O)N(CC(=O)N[C@H](C)CCC)C1=O. The topological polar surface area (TPSA) is 78.5 Å². The summed E-state index contributed by atoms with van der Waals surface area (Å²) in [5, 5.41) is 5.56. The zero-order valence-corrected chi connectivity index (χ0v) is 16.2. The number of nitrogens with zero attached hydrogens (tertiary/aromatic N) is 1. The van der Waals surface area contributed by atoms with E-state index in [1.54, 1.807) is 0 Å². The first-order valence-corrected chi connectivity index (χ1v) is 9.53. The third kappa shape index (κ3) is 4.64. The smallest absolute Gasteiger partial charge is 0.325 e. The molecule has 0 bridgehead atoms. The maximum absolute atomic E-state index is 13.3. The molecule has 1 fully saturated rings. The fourth-order valence-electron chi connectivity index (χ4n) is 3.42. The number of halogens is 1. The van der Waals surface area contributed by atoms with E-state index in [0.717, 1.165) is 24.2 Å². The number of nitrogens with one attached hydrogen (secondary N) is 2. The third-order valence-corrected chi connectivity index (χ3v) is 4.85. The Morgan fingerprint density at radius 1 is 1.22 bits per heavy atom. The minimum absolute atomic E-state index is 0.0230. The van der Waals surface area contributed by atoms with E-state index in [2.05, 4.69) is 10.6 Å². The molecule has 2 atom stereocenters. The highest BCUT2D eigenvalue weighted by molar-refractivity contribution is 6.09. The number of rotatable bonds is 9. The maximum atomic E-state index is 13.3. The predicted molar refractivity (Wildman–Crippen MR) is 100 cm³/mol. The van der Waals surface area contributed by atoms with E-state index in [4.69, 9.17) is 0 Å². The highest BCUT2D eigenvalue weighted by atomic mass is 19.1. The zero-order chi connectivity index (χ0) is 20.0. The monoisotopic (exact) mass is 377 g/mol. The second-order valence-corrected chi connectivity index (χ2v) is 7.09. The van der Waals surface area contributed by atoms with Gasteiger partial charge in [-0.3, -0.25) is 14.5 Å². The van der Waals surface area contributed by atoms with E-state index < -0.39 is 23.3 Å². The second kappa shape index (κ2) is 8.97. The van der Waals surface area contributed by atoms with E-state index in [1.165, 1.54) is 24.3 Å². The molecule has 0 radical (unpaired) electrons. The standard InChI is InChI=1S/C20H28FN3O3/c1-4-6-12-20(15-8-10-16(21)11-9-15)18(26)24(19(27)23-20)13-17(25)22-14(3)7-5-2/h8-11,14H,4-7,12-13H2,1-3H3,(H,22,25)(H,23,27)/t14-,20-/m1/s1. The van der Waals surface area contributed by atoms with Crippen molar-refractivity contribution in [3.63, 3.8) is 0 Å². The number of carbonyl (C=O) groups excluding carboxylic acids is 3. The van der Waals surface area contributed by atoms with Crippen molar-refractivity contribution in [1.29, 1.82) is 0 Å². The van der Waals surface area contributed by atoms with Gasteiger partial charge in [0.15, 0.2) is 0 Å². The molecule has 7 heteroatoms. The van der Waals surface area contributed by atoms with Gasteiger partial charge in [0.25, 0.3) is 5.91 Å². The van der Waals surface area contributed by atoms with Gasteiger partial charge in [0.1, 0.15) is 17.9 Å². The molecule has 148 valence electrons. The summed E-state index contributed by atoms with van der Waals surface area (Å²) < 4.78 is 13.3. The summed E-state index contributed by atoms with van der Waals surface area (Å²) in [5.41, 5.74) is -0.728. The molecule has 0 aromatic heterocycles. The van der Waals surface area contributed by atoms with Crippen LogP contribution in [-0.2, 0) is 15.1 Å². The molecule has 6 nitrogen and oxygen atoms in total. The summed E-state index contributed by atoms with van der Waals surface area (Å²) in [4.78, 5) is 38.8. The molecule has 1 aromatic carbocycles. The first kappa shape index (κ1) is 20.9. The van der Waals surface area contributed by atoms with Gasteiger partial charge in [-0.25, -0.2) is 9.18 Å². The summed E-state index contributed by atoms with van der Waals surface area (Å²) in [5.74, 6) is -1.25. The predicted octanol–water partition coefficient (Wildman–Crippen LogP) is 3.07. The minimum atomic E-state index is -1.25. The Kier molecular flexibility index (Phi) is 6.93. The van der Waals surface area contributed by atoms with Gasteiger partial charge in [0.2, 0.25) is 5.91 Å². The van der Waals surface area contributed by atoms with E-state index in [-0.39, 0.29) is 18.5 Å². The normalized spacial score (nSPS) is 20.5. The van der Waals surface area contributed by atoms with Crippen molar-refractivity contribution in [1.82, 2.24) is 15.5 Å². The molecule has 1 aromatic rings. The Morgan fingerprint density at radius 3 is 2.48 bits per heavy atom. The number of hydrogen-bond donors (Lipinski definition) is 2. The van der Waals surface area contributed by atoms with Crippen LogP contribution in [0.25, 0.3) is 0 Å². The lowest BCUT2D eigenvalue weighted by Crippen LogP contribution is -2.46. The van der Waals surface area contributed by atoms with Crippen molar-refractivity contribution >= 4 is 17.8 Å². The molecule has 1 heterocycles. The van der Waals surface area contributed by atoms with Crippen molar-refractivity contribution in [2.75, 3.05) is 6.54 Å². The Labute approximate surface area is 159 Å². The van der Waals surface area contributed by atoms with Crippen molar-refractivity contribution in [2.45, 2.75) is 64.5 Å². The van der Waals surface area contributed by atoms with Crippen LogP contribution in [0.4, 0.5) is 9.18 Å². The number of unbranched alkanes of at least 4 members (excludes halogenated alkanes) is 1. The first-order valence-electron chi connectivity index (χ1n) is 9.53. The zero-order valence-electron chi connectivity index (χ0n) is 16.2. The molecule has 0 unspecified atom stereocenters. The lowest BCUT2D eigenvalue weighted by atomic mass is 9.85. The lowest BCUT2D eigenvalue weighted by Gasteiger charge is -2.27. The van der Waals surface area contributed by atoms with Crippen LogP contribution >= 0.6 is 0 Å². The number of hydrogen-bond acceptors (Lipinski definition) is 3. The Bertz CT molecular complexity index is 692. The Morgan fingerprint density at radius 2 is 1.89 bits per heavy atom. The molecular formula is C20H28FN3O3. The number of carbonyl (C=O) groups is 3. The summed E-state index contributed by atoms with van der Waals surface area (Å²) in [6.45, 7) is 5.57. The quantitative estimate of drug-likeness (QED) is 0.649. The summed E-state index contributed by atoms with van der Waals surface area (Å²) in [7, 11) is 0. The molecule has 27 heavy (non-hydrogen) atoms. The van der Waals surface area contributed by atoms with Crippen LogP contribution in [0.15, 0.2) is 24.3 Å². The average Bonchev–Trinajstić information content (AvgIpc) is 2.86. The highest BCUT2D eigenvalue weighted by Crippen LogP contribution is 2.34. The molecule has 0 spiro atoms. The second-order valence-electron chi connectivity index (χ2n) is 7.09. The molecule has 2 N–H and O–H groups in total. The van der Waals surface area contributed by atoms with E-state index in [0.29, 0.717) is 18.4 Å². The van der Waals surface area contributed by atoms with Crippen LogP contribution in [-0.4, -0.2) is 35.3 Å². The van der Waals surface area contributed by atoms with Crippen LogP contribution in [0.3, 0.4) is 0 Å². The molecule has 1 saturated heterocycles. The highest BCUT2D eigenvalue weighted by Gasteiger charge is 2.52. The van der Waals surface area contributed by atoms with Crippen LogP contribution < -0.4 is 10.6 Å². The van der Waals surface area contributed by atoms with Crippen LogP contribution in [0.2, 0.25) is 0 Å². The summed E-state index contributed by atoms with van der Waals surface area (Å²) >= 11 is 0. The first-order chi connectivity index (χ1) is 12.8. The van der Waals surface area contributed by atoms with Crippen LogP contribution in [0.1, 0.15) is 58.4 Å². The largest absolute Gasteiger partial charge is 0.352 e. The van der Waals surface area contributed by atoms with Crippen molar-refractivity contribution in [2.24, 2.45) is 0 Å². The average molecular weight is 377 g/mol. The molecule has 0 aliphatic carbocycles.